The second kappa shape index (κ2) is 5.40. The summed E-state index contributed by atoms with van der Waals surface area (Å²) in [5.41, 5.74) is -0.917. The summed E-state index contributed by atoms with van der Waals surface area (Å²) in [5, 5.41) is 9.16. The predicted molar refractivity (Wildman–Crippen MR) is 72.3 cm³/mol. The number of rotatable bonds is 4. The molecule has 1 heterocycles. The maximum Gasteiger partial charge on any atom is 0.310 e. The van der Waals surface area contributed by atoms with Crippen molar-refractivity contribution in [3.8, 4) is 0 Å². The molecule has 1 N–H and O–H groups in total. The minimum Gasteiger partial charge on any atom is -0.481 e. The van der Waals surface area contributed by atoms with Crippen molar-refractivity contribution >= 4 is 16.0 Å². The first-order valence-corrected chi connectivity index (χ1v) is 8.66. The van der Waals surface area contributed by atoms with Gasteiger partial charge in [-0.15, -0.1) is 0 Å². The Labute approximate surface area is 115 Å². The lowest BCUT2D eigenvalue weighted by atomic mass is 9.90. The zero-order valence-corrected chi connectivity index (χ0v) is 12.3. The fourth-order valence-corrected chi connectivity index (χ4v) is 5.08. The van der Waals surface area contributed by atoms with E-state index in [2.05, 4.69) is 0 Å². The molecule has 2 rings (SSSR count). The lowest BCUT2D eigenvalue weighted by Gasteiger charge is -2.25. The van der Waals surface area contributed by atoms with E-state index in [1.807, 2.05) is 0 Å². The van der Waals surface area contributed by atoms with Crippen LogP contribution >= 0.6 is 0 Å². The lowest BCUT2D eigenvalue weighted by molar-refractivity contribution is -0.146. The number of carboxylic acid groups (broad SMARTS) is 1. The Morgan fingerprint density at radius 2 is 1.95 bits per heavy atom. The average molecular weight is 289 g/mol. The molecule has 1 saturated carbocycles. The van der Waals surface area contributed by atoms with Gasteiger partial charge >= 0.3 is 5.97 Å². The molecular formula is C13H23NO4S. The first kappa shape index (κ1) is 14.8. The molecule has 5 nitrogen and oxygen atoms in total. The molecule has 2 fully saturated rings. The minimum absolute atomic E-state index is 0.122. The van der Waals surface area contributed by atoms with Gasteiger partial charge in [0.25, 0.3) is 0 Å². The number of carboxylic acids is 1. The highest BCUT2D eigenvalue weighted by Gasteiger charge is 2.44. The smallest absolute Gasteiger partial charge is 0.310 e. The quantitative estimate of drug-likeness (QED) is 0.854. The summed E-state index contributed by atoms with van der Waals surface area (Å²) in [4.78, 5) is 11.2. The van der Waals surface area contributed by atoms with Crippen molar-refractivity contribution in [2.75, 3.05) is 18.8 Å². The Morgan fingerprint density at radius 3 is 2.47 bits per heavy atom. The van der Waals surface area contributed by atoms with Gasteiger partial charge in [0.05, 0.1) is 11.2 Å². The summed E-state index contributed by atoms with van der Waals surface area (Å²) >= 11 is 0. The highest BCUT2D eigenvalue weighted by Crippen LogP contribution is 2.33. The van der Waals surface area contributed by atoms with Crippen LogP contribution in [0.2, 0.25) is 0 Å². The minimum atomic E-state index is -3.29. The van der Waals surface area contributed by atoms with Gasteiger partial charge in [-0.05, 0) is 32.1 Å². The van der Waals surface area contributed by atoms with Gasteiger partial charge in [-0.25, -0.2) is 12.7 Å². The van der Waals surface area contributed by atoms with Gasteiger partial charge in [0.15, 0.2) is 0 Å². The van der Waals surface area contributed by atoms with Gasteiger partial charge in [-0.2, -0.15) is 0 Å². The molecule has 1 aliphatic carbocycles. The van der Waals surface area contributed by atoms with Crippen molar-refractivity contribution in [2.45, 2.75) is 45.4 Å². The van der Waals surface area contributed by atoms with Crippen LogP contribution in [0.3, 0.4) is 0 Å². The van der Waals surface area contributed by atoms with Crippen LogP contribution in [0.4, 0.5) is 0 Å². The molecule has 0 amide bonds. The molecule has 1 aliphatic heterocycles. The average Bonchev–Trinajstić information content (AvgIpc) is 2.75. The van der Waals surface area contributed by atoms with Crippen LogP contribution in [0, 0.1) is 11.3 Å². The zero-order chi connectivity index (χ0) is 14.1. The molecule has 0 radical (unpaired) electrons. The molecule has 6 heteroatoms. The van der Waals surface area contributed by atoms with Crippen molar-refractivity contribution in [2.24, 2.45) is 11.3 Å². The van der Waals surface area contributed by atoms with Crippen LogP contribution in [0.5, 0.6) is 0 Å². The summed E-state index contributed by atoms with van der Waals surface area (Å²) in [7, 11) is -3.29. The van der Waals surface area contributed by atoms with Gasteiger partial charge in [-0.1, -0.05) is 19.3 Å². The van der Waals surface area contributed by atoms with Crippen molar-refractivity contribution in [3.63, 3.8) is 0 Å². The number of nitrogens with zero attached hydrogens (tertiary/aromatic N) is 1. The van der Waals surface area contributed by atoms with Crippen LogP contribution in [0.25, 0.3) is 0 Å². The third-order valence-corrected chi connectivity index (χ3v) is 6.51. The molecule has 2 aliphatic rings. The molecule has 0 spiro atoms. The first-order valence-electron chi connectivity index (χ1n) is 7.05. The highest BCUT2D eigenvalue weighted by atomic mass is 32.2. The Hall–Kier alpha value is -0.620. The summed E-state index contributed by atoms with van der Waals surface area (Å²) in [5.74, 6) is -0.443. The summed E-state index contributed by atoms with van der Waals surface area (Å²) < 4.78 is 26.1. The van der Waals surface area contributed by atoms with E-state index < -0.39 is 21.4 Å². The topological polar surface area (TPSA) is 74.7 Å². The fraction of sp³-hybridized carbons (Fsp3) is 0.923. The number of hydrogen-bond acceptors (Lipinski definition) is 3. The van der Waals surface area contributed by atoms with Gasteiger partial charge < -0.3 is 5.11 Å². The molecule has 110 valence electrons. The molecule has 1 atom stereocenters. The maximum absolute atomic E-state index is 12.3. The standard InChI is InChI=1S/C13H23NO4S/c1-13(12(15)16)7-8-14(10-13)19(17,18)9-11-5-3-2-4-6-11/h11H,2-10H2,1H3,(H,15,16). The lowest BCUT2D eigenvalue weighted by Crippen LogP contribution is -2.37. The van der Waals surface area contributed by atoms with Gasteiger partial charge in [0.2, 0.25) is 10.0 Å². The second-order valence-electron chi connectivity index (χ2n) is 6.23. The van der Waals surface area contributed by atoms with E-state index >= 15 is 0 Å². The van der Waals surface area contributed by atoms with Crippen LogP contribution in [0.1, 0.15) is 45.4 Å². The van der Waals surface area contributed by atoms with Crippen LogP contribution in [0.15, 0.2) is 0 Å². The van der Waals surface area contributed by atoms with E-state index in [0.29, 0.717) is 13.0 Å². The molecule has 0 aromatic carbocycles. The Balaban J connectivity index is 1.99. The zero-order valence-electron chi connectivity index (χ0n) is 11.5. The van der Waals surface area contributed by atoms with Crippen LogP contribution in [-0.2, 0) is 14.8 Å². The van der Waals surface area contributed by atoms with Gasteiger partial charge in [0, 0.05) is 13.1 Å². The number of aliphatic carboxylic acids is 1. The SMILES string of the molecule is CC1(C(=O)O)CCN(S(=O)(=O)CC2CCCCC2)C1. The largest absolute Gasteiger partial charge is 0.481 e. The molecule has 0 aromatic heterocycles. The molecular weight excluding hydrogens is 266 g/mol. The summed E-state index contributed by atoms with van der Waals surface area (Å²) in [6.45, 7) is 2.10. The Morgan fingerprint density at radius 1 is 1.32 bits per heavy atom. The Kier molecular flexibility index (Phi) is 4.20. The van der Waals surface area contributed by atoms with Crippen LogP contribution < -0.4 is 0 Å². The van der Waals surface area contributed by atoms with E-state index in [9.17, 15) is 13.2 Å². The Bertz CT molecular complexity index is 442. The summed E-state index contributed by atoms with van der Waals surface area (Å²) in [6, 6.07) is 0. The summed E-state index contributed by atoms with van der Waals surface area (Å²) in [6.07, 6.45) is 5.83. The molecule has 19 heavy (non-hydrogen) atoms. The fourth-order valence-electron chi connectivity index (χ4n) is 3.09. The van der Waals surface area contributed by atoms with Crippen molar-refractivity contribution in [1.29, 1.82) is 0 Å². The molecule has 0 bridgehead atoms. The normalized spacial score (nSPS) is 30.6. The monoisotopic (exact) mass is 289 g/mol. The van der Waals surface area contributed by atoms with E-state index in [0.717, 1.165) is 25.7 Å². The van der Waals surface area contributed by atoms with E-state index in [-0.39, 0.29) is 18.2 Å². The van der Waals surface area contributed by atoms with Gasteiger partial charge in [0.1, 0.15) is 0 Å². The van der Waals surface area contributed by atoms with Crippen LogP contribution in [-0.4, -0.2) is 42.6 Å². The first-order chi connectivity index (χ1) is 8.83. The van der Waals surface area contributed by atoms with Crippen molar-refractivity contribution in [1.82, 2.24) is 4.31 Å². The third kappa shape index (κ3) is 3.28. The van der Waals surface area contributed by atoms with Crippen molar-refractivity contribution < 1.29 is 18.3 Å². The predicted octanol–water partition coefficient (Wildman–Crippen LogP) is 1.69. The highest BCUT2D eigenvalue weighted by molar-refractivity contribution is 7.89. The molecule has 0 aromatic rings. The van der Waals surface area contributed by atoms with Crippen molar-refractivity contribution in [3.05, 3.63) is 0 Å². The molecule has 1 saturated heterocycles. The van der Waals surface area contributed by atoms with E-state index in [1.165, 1.54) is 10.7 Å². The molecule has 1 unspecified atom stereocenters. The number of hydrogen-bond donors (Lipinski definition) is 1. The van der Waals surface area contributed by atoms with Gasteiger partial charge in [-0.3, -0.25) is 4.79 Å². The number of sulfonamides is 1. The number of carbonyl (C=O) groups is 1. The maximum atomic E-state index is 12.3. The third-order valence-electron chi connectivity index (χ3n) is 4.52. The second-order valence-corrected chi connectivity index (χ2v) is 8.25. The van der Waals surface area contributed by atoms with E-state index in [4.69, 9.17) is 5.11 Å². The van der Waals surface area contributed by atoms with E-state index in [1.54, 1.807) is 6.92 Å².